The van der Waals surface area contributed by atoms with E-state index in [0.29, 0.717) is 18.0 Å². The average Bonchev–Trinajstić information content (AvgIpc) is 2.81. The van der Waals surface area contributed by atoms with Crippen LogP contribution in [-0.4, -0.2) is 23.8 Å². The molecule has 0 saturated carbocycles. The molecule has 1 amide bonds. The number of nitrogens with zero attached hydrogens (tertiary/aromatic N) is 1. The fourth-order valence-corrected chi connectivity index (χ4v) is 2.00. The van der Waals surface area contributed by atoms with Gasteiger partial charge in [0, 0.05) is 23.4 Å². The van der Waals surface area contributed by atoms with Gasteiger partial charge in [0.05, 0.1) is 5.69 Å². The lowest BCUT2D eigenvalue weighted by molar-refractivity contribution is -0.123. The maximum Gasteiger partial charge on any atom is 0.405 e. The molecule has 0 bridgehead atoms. The van der Waals surface area contributed by atoms with E-state index in [1.165, 1.54) is 12.1 Å². The smallest absolute Gasteiger partial charge is 0.381 e. The highest BCUT2D eigenvalue weighted by atomic mass is 19.4. The zero-order valence-electron chi connectivity index (χ0n) is 12.6. The van der Waals surface area contributed by atoms with Crippen LogP contribution in [0.15, 0.2) is 28.8 Å². The number of benzene rings is 1. The molecule has 2 N–H and O–H groups in total. The van der Waals surface area contributed by atoms with Gasteiger partial charge >= 0.3 is 6.18 Å². The van der Waals surface area contributed by atoms with E-state index < -0.39 is 18.6 Å². The van der Waals surface area contributed by atoms with Crippen LogP contribution in [0.5, 0.6) is 0 Å². The number of hydrogen-bond donors (Lipinski definition) is 2. The van der Waals surface area contributed by atoms with Gasteiger partial charge in [-0.25, -0.2) is 0 Å². The number of carbonyl (C=O) groups excluding carboxylic acids is 1. The standard InChI is InChI=1S/C15H16F3N3O2/c1-9-13(10(2)23-21-9)7-19-12-5-3-4-11(6-12)14(22)20-8-15(16,17)18/h3-6,19H,7-8H2,1-2H3,(H,20,22). The first-order valence-electron chi connectivity index (χ1n) is 6.87. The summed E-state index contributed by atoms with van der Waals surface area (Å²) in [5, 5.41) is 8.77. The van der Waals surface area contributed by atoms with Gasteiger partial charge in [-0.05, 0) is 32.0 Å². The summed E-state index contributed by atoms with van der Waals surface area (Å²) in [6, 6.07) is 6.26. The fourth-order valence-electron chi connectivity index (χ4n) is 2.00. The summed E-state index contributed by atoms with van der Waals surface area (Å²) in [6.45, 7) is 2.68. The Morgan fingerprint density at radius 1 is 1.30 bits per heavy atom. The van der Waals surface area contributed by atoms with Gasteiger partial charge in [-0.3, -0.25) is 4.79 Å². The molecule has 5 nitrogen and oxygen atoms in total. The Hall–Kier alpha value is -2.51. The monoisotopic (exact) mass is 327 g/mol. The Kier molecular flexibility index (Phi) is 4.92. The summed E-state index contributed by atoms with van der Waals surface area (Å²) >= 11 is 0. The van der Waals surface area contributed by atoms with Gasteiger partial charge < -0.3 is 15.2 Å². The van der Waals surface area contributed by atoms with Crippen LogP contribution >= 0.6 is 0 Å². The van der Waals surface area contributed by atoms with E-state index in [2.05, 4.69) is 10.5 Å². The van der Waals surface area contributed by atoms with Crippen LogP contribution in [0.4, 0.5) is 18.9 Å². The fraction of sp³-hybridized carbons (Fsp3) is 0.333. The lowest BCUT2D eigenvalue weighted by Gasteiger charge is -2.10. The summed E-state index contributed by atoms with van der Waals surface area (Å²) in [5.74, 6) is -0.0858. The van der Waals surface area contributed by atoms with Crippen molar-refractivity contribution in [3.05, 3.63) is 46.8 Å². The number of aryl methyl sites for hydroxylation is 2. The average molecular weight is 327 g/mol. The molecule has 0 radical (unpaired) electrons. The van der Waals surface area contributed by atoms with Crippen LogP contribution in [0, 0.1) is 13.8 Å². The number of alkyl halides is 3. The molecule has 124 valence electrons. The molecule has 2 aromatic rings. The third kappa shape index (κ3) is 4.73. The van der Waals surface area contributed by atoms with Gasteiger partial charge in [-0.15, -0.1) is 0 Å². The summed E-state index contributed by atoms with van der Waals surface area (Å²) < 4.78 is 41.4. The van der Waals surface area contributed by atoms with E-state index in [-0.39, 0.29) is 5.56 Å². The molecule has 0 saturated heterocycles. The maximum absolute atomic E-state index is 12.1. The van der Waals surface area contributed by atoms with Gasteiger partial charge in [-0.2, -0.15) is 13.2 Å². The summed E-state index contributed by atoms with van der Waals surface area (Å²) in [6.07, 6.45) is -4.44. The molecule has 1 heterocycles. The van der Waals surface area contributed by atoms with Gasteiger partial charge in [0.15, 0.2) is 0 Å². The van der Waals surface area contributed by atoms with Crippen molar-refractivity contribution in [3.63, 3.8) is 0 Å². The second kappa shape index (κ2) is 6.72. The Bertz CT molecular complexity index is 676. The van der Waals surface area contributed by atoms with Gasteiger partial charge in [0.2, 0.25) is 0 Å². The minimum atomic E-state index is -4.44. The third-order valence-corrected chi connectivity index (χ3v) is 3.22. The highest BCUT2D eigenvalue weighted by Gasteiger charge is 2.27. The molecule has 0 spiro atoms. The topological polar surface area (TPSA) is 67.2 Å². The molecule has 2 rings (SSSR count). The van der Waals surface area contributed by atoms with Crippen LogP contribution in [0.3, 0.4) is 0 Å². The first kappa shape index (κ1) is 16.9. The zero-order valence-corrected chi connectivity index (χ0v) is 12.6. The van der Waals surface area contributed by atoms with E-state index >= 15 is 0 Å². The first-order valence-corrected chi connectivity index (χ1v) is 6.87. The number of halogens is 3. The van der Waals surface area contributed by atoms with E-state index in [4.69, 9.17) is 4.52 Å². The molecule has 0 fully saturated rings. The van der Waals surface area contributed by atoms with E-state index in [1.54, 1.807) is 19.1 Å². The molecule has 0 unspecified atom stereocenters. The summed E-state index contributed by atoms with van der Waals surface area (Å²) in [5.41, 5.74) is 2.42. The van der Waals surface area contributed by atoms with Crippen molar-refractivity contribution in [2.24, 2.45) is 0 Å². The SMILES string of the molecule is Cc1noc(C)c1CNc1cccc(C(=O)NCC(F)(F)F)c1. The Balaban J connectivity index is 2.01. The van der Waals surface area contributed by atoms with Crippen molar-refractivity contribution in [1.82, 2.24) is 10.5 Å². The first-order chi connectivity index (χ1) is 10.8. The minimum absolute atomic E-state index is 0.151. The highest BCUT2D eigenvalue weighted by Crippen LogP contribution is 2.17. The number of amides is 1. The molecule has 0 aliphatic heterocycles. The normalized spacial score (nSPS) is 11.3. The van der Waals surface area contributed by atoms with Gasteiger partial charge in [0.1, 0.15) is 12.3 Å². The van der Waals surface area contributed by atoms with Crippen molar-refractivity contribution in [2.75, 3.05) is 11.9 Å². The second-order valence-electron chi connectivity index (χ2n) is 5.03. The van der Waals surface area contributed by atoms with Crippen molar-refractivity contribution >= 4 is 11.6 Å². The second-order valence-corrected chi connectivity index (χ2v) is 5.03. The summed E-state index contributed by atoms with van der Waals surface area (Å²) in [4.78, 5) is 11.7. The predicted octanol–water partition coefficient (Wildman–Crippen LogP) is 3.20. The van der Waals surface area contributed by atoms with E-state index in [0.717, 1.165) is 11.3 Å². The minimum Gasteiger partial charge on any atom is -0.381 e. The van der Waals surface area contributed by atoms with Crippen LogP contribution in [0.1, 0.15) is 27.4 Å². The zero-order chi connectivity index (χ0) is 17.0. The third-order valence-electron chi connectivity index (χ3n) is 3.22. The molecule has 0 aliphatic carbocycles. The van der Waals surface area contributed by atoms with Crippen LogP contribution in [0.25, 0.3) is 0 Å². The molecule has 8 heteroatoms. The lowest BCUT2D eigenvalue weighted by Crippen LogP contribution is -2.33. The molecular weight excluding hydrogens is 311 g/mol. The van der Waals surface area contributed by atoms with Crippen molar-refractivity contribution in [2.45, 2.75) is 26.6 Å². The Morgan fingerprint density at radius 2 is 2.04 bits per heavy atom. The van der Waals surface area contributed by atoms with E-state index in [9.17, 15) is 18.0 Å². The van der Waals surface area contributed by atoms with E-state index in [1.807, 2.05) is 12.2 Å². The lowest BCUT2D eigenvalue weighted by atomic mass is 10.1. The van der Waals surface area contributed by atoms with Crippen LogP contribution in [0.2, 0.25) is 0 Å². The Labute approximate surface area is 130 Å². The highest BCUT2D eigenvalue weighted by molar-refractivity contribution is 5.95. The van der Waals surface area contributed by atoms with Crippen LogP contribution in [-0.2, 0) is 6.54 Å². The number of aromatic nitrogens is 1. The largest absolute Gasteiger partial charge is 0.405 e. The molecule has 1 aromatic heterocycles. The quantitative estimate of drug-likeness (QED) is 0.885. The number of nitrogens with one attached hydrogen (secondary N) is 2. The molecule has 0 aliphatic rings. The molecule has 1 aromatic carbocycles. The molecule has 0 atom stereocenters. The predicted molar refractivity (Wildman–Crippen MR) is 78.1 cm³/mol. The Morgan fingerprint density at radius 3 is 2.65 bits per heavy atom. The molecule has 23 heavy (non-hydrogen) atoms. The van der Waals surface area contributed by atoms with Crippen LogP contribution < -0.4 is 10.6 Å². The maximum atomic E-state index is 12.1. The van der Waals surface area contributed by atoms with Crippen molar-refractivity contribution < 1.29 is 22.5 Å². The van der Waals surface area contributed by atoms with Crippen molar-refractivity contribution in [1.29, 1.82) is 0 Å². The number of anilines is 1. The number of hydrogen-bond acceptors (Lipinski definition) is 4. The molecular formula is C15H16F3N3O2. The van der Waals surface area contributed by atoms with Gasteiger partial charge in [-0.1, -0.05) is 11.2 Å². The number of carbonyl (C=O) groups is 1. The van der Waals surface area contributed by atoms with Gasteiger partial charge in [0.25, 0.3) is 5.91 Å². The summed E-state index contributed by atoms with van der Waals surface area (Å²) in [7, 11) is 0. The number of rotatable bonds is 5. The van der Waals surface area contributed by atoms with Crippen molar-refractivity contribution in [3.8, 4) is 0 Å².